The van der Waals surface area contributed by atoms with Gasteiger partial charge >= 0.3 is 5.97 Å². The van der Waals surface area contributed by atoms with Gasteiger partial charge in [0, 0.05) is 11.8 Å². The van der Waals surface area contributed by atoms with Gasteiger partial charge in [-0.25, -0.2) is 0 Å². The first-order valence-electron chi connectivity index (χ1n) is 13.5. The Kier molecular flexibility index (Phi) is 5.41. The molecule has 35 heavy (non-hydrogen) atoms. The average molecular weight is 480 g/mol. The summed E-state index contributed by atoms with van der Waals surface area (Å²) in [5.41, 5.74) is 0.764. The van der Waals surface area contributed by atoms with Crippen molar-refractivity contribution >= 4 is 11.8 Å². The standard InChI is InChI=1S/C30H41NO4/c1-17-19-7-9-28(4)20-8-10-30(26(34)35-6)12-11-27(2,3)15-21(30)24(20)22(32)13-23(28)29(19,5)14-18(16-31)25(17)33/h13,17,19-21,24,33H,7-12,14-15H2,1-6H3. The summed E-state index contributed by atoms with van der Waals surface area (Å²) in [7, 11) is 1.49. The normalized spacial score (nSPS) is 46.3. The molecule has 0 aromatic carbocycles. The SMILES string of the molecule is COC(=O)C12CCC3C(C(=O)C=C4C5(C)CC(C#N)=C(O)C(C)C5CCC43C)C1CC(C)(C)CC2. The fourth-order valence-corrected chi connectivity index (χ4v) is 9.73. The molecule has 3 fully saturated rings. The number of hydrogen-bond donors (Lipinski definition) is 1. The maximum atomic E-state index is 14.1. The van der Waals surface area contributed by atoms with Gasteiger partial charge in [-0.3, -0.25) is 9.59 Å². The number of hydrogen-bond acceptors (Lipinski definition) is 5. The zero-order valence-electron chi connectivity index (χ0n) is 22.2. The van der Waals surface area contributed by atoms with Gasteiger partial charge in [-0.1, -0.05) is 40.2 Å². The minimum atomic E-state index is -0.550. The Morgan fingerprint density at radius 3 is 2.40 bits per heavy atom. The van der Waals surface area contributed by atoms with Crippen LogP contribution in [0.1, 0.15) is 86.0 Å². The number of nitrogens with zero attached hydrogens (tertiary/aromatic N) is 1. The van der Waals surface area contributed by atoms with Crippen molar-refractivity contribution in [3.05, 3.63) is 23.0 Å². The number of nitriles is 1. The van der Waals surface area contributed by atoms with Crippen LogP contribution in [0.2, 0.25) is 0 Å². The molecule has 0 heterocycles. The van der Waals surface area contributed by atoms with Gasteiger partial charge < -0.3 is 9.84 Å². The third-order valence-electron chi connectivity index (χ3n) is 11.6. The molecule has 1 N–H and O–H groups in total. The van der Waals surface area contributed by atoms with Crippen LogP contribution in [-0.4, -0.2) is 24.0 Å². The first-order valence-corrected chi connectivity index (χ1v) is 13.5. The lowest BCUT2D eigenvalue weighted by molar-refractivity contribution is -0.178. The highest BCUT2D eigenvalue weighted by molar-refractivity contribution is 5.95. The molecule has 5 nitrogen and oxygen atoms in total. The molecule has 0 bridgehead atoms. The number of methoxy groups -OCH3 is 1. The summed E-state index contributed by atoms with van der Waals surface area (Å²) in [4.78, 5) is 27.3. The predicted octanol–water partition coefficient (Wildman–Crippen LogP) is 6.31. The molecular formula is C30H41NO4. The number of esters is 1. The van der Waals surface area contributed by atoms with Crippen LogP contribution in [0, 0.1) is 62.6 Å². The lowest BCUT2D eigenvalue weighted by Gasteiger charge is -2.64. The Balaban J connectivity index is 1.62. The molecule has 0 aromatic rings. The van der Waals surface area contributed by atoms with E-state index >= 15 is 0 Å². The van der Waals surface area contributed by atoms with Crippen LogP contribution in [0.4, 0.5) is 0 Å². The number of ether oxygens (including phenoxy) is 1. The molecule has 8 atom stereocenters. The average Bonchev–Trinajstić information content (AvgIpc) is 2.81. The van der Waals surface area contributed by atoms with E-state index in [4.69, 9.17) is 4.74 Å². The summed E-state index contributed by atoms with van der Waals surface area (Å²) >= 11 is 0. The number of carbonyl (C=O) groups is 2. The molecule has 0 radical (unpaired) electrons. The zero-order chi connectivity index (χ0) is 25.6. The van der Waals surface area contributed by atoms with Crippen LogP contribution >= 0.6 is 0 Å². The number of carbonyl (C=O) groups excluding carboxylic acids is 2. The van der Waals surface area contributed by atoms with Crippen molar-refractivity contribution in [3.8, 4) is 6.07 Å². The Bertz CT molecular complexity index is 1080. The van der Waals surface area contributed by atoms with Crippen LogP contribution in [0.5, 0.6) is 0 Å². The quantitative estimate of drug-likeness (QED) is 0.446. The largest absolute Gasteiger partial charge is 0.511 e. The monoisotopic (exact) mass is 479 g/mol. The number of ketones is 1. The third-order valence-corrected chi connectivity index (χ3v) is 11.6. The van der Waals surface area contributed by atoms with Gasteiger partial charge in [0.1, 0.15) is 5.76 Å². The molecule has 5 aliphatic carbocycles. The molecule has 0 aliphatic heterocycles. The minimum Gasteiger partial charge on any atom is -0.511 e. The van der Waals surface area contributed by atoms with Gasteiger partial charge in [0.25, 0.3) is 0 Å². The van der Waals surface area contributed by atoms with E-state index in [9.17, 15) is 20.0 Å². The van der Waals surface area contributed by atoms with Crippen LogP contribution < -0.4 is 0 Å². The third kappa shape index (κ3) is 3.17. The molecule has 0 amide bonds. The molecule has 5 aliphatic rings. The molecule has 190 valence electrons. The lowest BCUT2D eigenvalue weighted by Crippen LogP contribution is -2.61. The van der Waals surface area contributed by atoms with Crippen molar-refractivity contribution in [2.75, 3.05) is 7.11 Å². The Labute approximate surface area is 210 Å². The molecule has 5 rings (SSSR count). The summed E-state index contributed by atoms with van der Waals surface area (Å²) < 4.78 is 5.37. The van der Waals surface area contributed by atoms with Crippen LogP contribution in [-0.2, 0) is 14.3 Å². The lowest BCUT2D eigenvalue weighted by atomic mass is 9.39. The van der Waals surface area contributed by atoms with Crippen molar-refractivity contribution < 1.29 is 19.4 Å². The second kappa shape index (κ2) is 7.70. The van der Waals surface area contributed by atoms with E-state index in [1.807, 2.05) is 13.0 Å². The smallest absolute Gasteiger partial charge is 0.312 e. The minimum absolute atomic E-state index is 0.00833. The molecule has 3 saturated carbocycles. The predicted molar refractivity (Wildman–Crippen MR) is 133 cm³/mol. The van der Waals surface area contributed by atoms with Crippen molar-refractivity contribution in [3.63, 3.8) is 0 Å². The Morgan fingerprint density at radius 2 is 1.74 bits per heavy atom. The zero-order valence-corrected chi connectivity index (χ0v) is 22.2. The van der Waals surface area contributed by atoms with E-state index in [1.54, 1.807) is 0 Å². The highest BCUT2D eigenvalue weighted by Gasteiger charge is 2.66. The van der Waals surface area contributed by atoms with E-state index in [0.717, 1.165) is 44.9 Å². The molecule has 0 spiro atoms. The van der Waals surface area contributed by atoms with Gasteiger partial charge in [-0.05, 0) is 91.4 Å². The Hall–Kier alpha value is -2.09. The van der Waals surface area contributed by atoms with E-state index < -0.39 is 5.41 Å². The van der Waals surface area contributed by atoms with Gasteiger partial charge in [0.05, 0.1) is 24.2 Å². The van der Waals surface area contributed by atoms with Gasteiger partial charge in [0.2, 0.25) is 0 Å². The van der Waals surface area contributed by atoms with E-state index in [2.05, 4.69) is 33.8 Å². The van der Waals surface area contributed by atoms with Crippen molar-refractivity contribution in [2.45, 2.75) is 86.0 Å². The summed E-state index contributed by atoms with van der Waals surface area (Å²) in [6.45, 7) is 11.1. The summed E-state index contributed by atoms with van der Waals surface area (Å²) in [5.74, 6) is 0.471. The van der Waals surface area contributed by atoms with Crippen molar-refractivity contribution in [1.82, 2.24) is 0 Å². The van der Waals surface area contributed by atoms with Crippen molar-refractivity contribution in [2.24, 2.45) is 51.2 Å². The fourth-order valence-electron chi connectivity index (χ4n) is 9.73. The summed E-state index contributed by atoms with van der Waals surface area (Å²) in [6.07, 6.45) is 8.70. The topological polar surface area (TPSA) is 87.4 Å². The fraction of sp³-hybridized carbons (Fsp3) is 0.767. The second-order valence-electron chi connectivity index (χ2n) is 13.7. The number of aliphatic hydroxyl groups is 1. The summed E-state index contributed by atoms with van der Waals surface area (Å²) in [6, 6.07) is 2.25. The van der Waals surface area contributed by atoms with Crippen LogP contribution in [0.15, 0.2) is 23.0 Å². The number of fused-ring (bicyclic) bond motifs is 7. The van der Waals surface area contributed by atoms with E-state index in [-0.39, 0.29) is 63.3 Å². The highest BCUT2D eigenvalue weighted by Crippen LogP contribution is 2.70. The molecule has 5 heteroatoms. The second-order valence-corrected chi connectivity index (χ2v) is 13.7. The highest BCUT2D eigenvalue weighted by atomic mass is 16.5. The van der Waals surface area contributed by atoms with Crippen molar-refractivity contribution in [1.29, 1.82) is 5.26 Å². The molecule has 0 saturated heterocycles. The molecule has 8 unspecified atom stereocenters. The number of rotatable bonds is 1. The maximum absolute atomic E-state index is 14.1. The number of allylic oxidation sites excluding steroid dienone is 4. The summed E-state index contributed by atoms with van der Waals surface area (Å²) in [5, 5.41) is 20.5. The van der Waals surface area contributed by atoms with Crippen LogP contribution in [0.3, 0.4) is 0 Å². The first kappa shape index (κ1) is 24.6. The van der Waals surface area contributed by atoms with Crippen LogP contribution in [0.25, 0.3) is 0 Å². The van der Waals surface area contributed by atoms with Gasteiger partial charge in [-0.2, -0.15) is 5.26 Å². The van der Waals surface area contributed by atoms with Gasteiger partial charge in [-0.15, -0.1) is 0 Å². The first-order chi connectivity index (χ1) is 16.3. The number of aliphatic hydroxyl groups excluding tert-OH is 1. The maximum Gasteiger partial charge on any atom is 0.312 e. The molecular weight excluding hydrogens is 438 g/mol. The van der Waals surface area contributed by atoms with E-state index in [1.165, 1.54) is 12.7 Å². The Morgan fingerprint density at radius 1 is 1.06 bits per heavy atom. The van der Waals surface area contributed by atoms with Gasteiger partial charge in [0.15, 0.2) is 5.78 Å². The molecule has 0 aromatic heterocycles. The van der Waals surface area contributed by atoms with E-state index in [0.29, 0.717) is 12.0 Å².